The Morgan fingerprint density at radius 2 is 1.90 bits per heavy atom. The number of alkyl halides is 3. The Labute approximate surface area is 170 Å². The number of hydrogen-bond acceptors (Lipinski definition) is 3. The van der Waals surface area contributed by atoms with Crippen LogP contribution >= 0.6 is 0 Å². The summed E-state index contributed by atoms with van der Waals surface area (Å²) < 4.78 is 40.7. The lowest BCUT2D eigenvalue weighted by Crippen LogP contribution is -2.47. The van der Waals surface area contributed by atoms with Gasteiger partial charge in [0.1, 0.15) is 0 Å². The Bertz CT molecular complexity index is 1180. The van der Waals surface area contributed by atoms with E-state index in [-0.39, 0.29) is 12.2 Å². The van der Waals surface area contributed by atoms with Crippen LogP contribution in [0.4, 0.5) is 13.2 Å². The van der Waals surface area contributed by atoms with E-state index in [2.05, 4.69) is 10.3 Å². The predicted octanol–water partition coefficient (Wildman–Crippen LogP) is 3.80. The van der Waals surface area contributed by atoms with Crippen LogP contribution in [0.15, 0.2) is 53.3 Å². The van der Waals surface area contributed by atoms with Crippen LogP contribution in [0.5, 0.6) is 0 Å². The topological polar surface area (TPSA) is 64.0 Å². The van der Waals surface area contributed by atoms with E-state index in [0.717, 1.165) is 18.6 Å². The quantitative estimate of drug-likeness (QED) is 0.705. The van der Waals surface area contributed by atoms with Crippen LogP contribution in [0.3, 0.4) is 0 Å². The molecule has 1 aliphatic rings. The van der Waals surface area contributed by atoms with Gasteiger partial charge in [-0.3, -0.25) is 9.59 Å². The molecule has 4 rings (SSSR count). The monoisotopic (exact) mass is 415 g/mol. The van der Waals surface area contributed by atoms with Crippen molar-refractivity contribution in [3.05, 3.63) is 75.7 Å². The summed E-state index contributed by atoms with van der Waals surface area (Å²) >= 11 is 0. The van der Waals surface area contributed by atoms with Crippen molar-refractivity contribution in [3.8, 4) is 0 Å². The zero-order valence-corrected chi connectivity index (χ0v) is 16.3. The zero-order chi connectivity index (χ0) is 21.5. The number of aryl methyl sites for hydroxylation is 1. The molecule has 156 valence electrons. The molecule has 1 aliphatic carbocycles. The summed E-state index contributed by atoms with van der Waals surface area (Å²) in [7, 11) is 1.57. The van der Waals surface area contributed by atoms with E-state index in [1.807, 2.05) is 0 Å². The molecule has 3 aromatic rings. The summed E-state index contributed by atoms with van der Waals surface area (Å²) in [5, 5.41) is 2.74. The number of amides is 1. The molecule has 1 amide bonds. The largest absolute Gasteiger partial charge is 0.416 e. The Hall–Kier alpha value is -3.16. The van der Waals surface area contributed by atoms with Gasteiger partial charge in [-0.25, -0.2) is 4.98 Å². The first-order valence-electron chi connectivity index (χ1n) is 9.63. The van der Waals surface area contributed by atoms with E-state index < -0.39 is 28.6 Å². The molecule has 1 fully saturated rings. The molecule has 0 atom stereocenters. The number of carbonyl (C=O) groups is 1. The number of rotatable bonds is 4. The summed E-state index contributed by atoms with van der Waals surface area (Å²) in [6.45, 7) is 0.144. The van der Waals surface area contributed by atoms with Gasteiger partial charge in [-0.1, -0.05) is 36.8 Å². The van der Waals surface area contributed by atoms with Crippen molar-refractivity contribution in [1.29, 1.82) is 0 Å². The molecule has 0 spiro atoms. The lowest BCUT2D eigenvalue weighted by atomic mass is 9.64. The van der Waals surface area contributed by atoms with Crippen LogP contribution in [0.1, 0.15) is 40.9 Å². The molecule has 0 saturated heterocycles. The van der Waals surface area contributed by atoms with E-state index >= 15 is 0 Å². The first kappa shape index (κ1) is 20.1. The summed E-state index contributed by atoms with van der Waals surface area (Å²) in [5.74, 6) is -0.625. The normalized spacial score (nSPS) is 15.6. The molecule has 1 N–H and O–H groups in total. The number of halogens is 3. The number of para-hydroxylation sites is 2. The average Bonchev–Trinajstić information content (AvgIpc) is 2.69. The zero-order valence-electron chi connectivity index (χ0n) is 16.3. The minimum atomic E-state index is -4.43. The second kappa shape index (κ2) is 7.27. The third-order valence-corrected chi connectivity index (χ3v) is 5.90. The number of fused-ring (bicyclic) bond motifs is 1. The van der Waals surface area contributed by atoms with Gasteiger partial charge in [0.15, 0.2) is 5.69 Å². The maximum Gasteiger partial charge on any atom is 0.416 e. The highest BCUT2D eigenvalue weighted by molar-refractivity contribution is 5.93. The van der Waals surface area contributed by atoms with Crippen molar-refractivity contribution >= 4 is 16.9 Å². The molecular formula is C22H20F3N3O2. The van der Waals surface area contributed by atoms with Gasteiger partial charge in [0, 0.05) is 19.0 Å². The van der Waals surface area contributed by atoms with Gasteiger partial charge < -0.3 is 9.88 Å². The number of nitrogens with zero attached hydrogens (tertiary/aromatic N) is 2. The lowest BCUT2D eigenvalue weighted by molar-refractivity contribution is -0.137. The first-order chi connectivity index (χ1) is 14.2. The smallest absolute Gasteiger partial charge is 0.350 e. The van der Waals surface area contributed by atoms with Gasteiger partial charge >= 0.3 is 6.18 Å². The lowest BCUT2D eigenvalue weighted by Gasteiger charge is -2.42. The molecule has 0 unspecified atom stereocenters. The fourth-order valence-electron chi connectivity index (χ4n) is 3.96. The SMILES string of the molecule is Cn1c(=O)c(C(=O)NCC2(c3cccc(C(F)(F)F)c3)CCC2)nc2ccccc21. The first-order valence-corrected chi connectivity index (χ1v) is 9.63. The number of aromatic nitrogens is 2. The number of carbonyl (C=O) groups excluding carboxylic acids is 1. The minimum Gasteiger partial charge on any atom is -0.350 e. The maximum atomic E-state index is 13.1. The van der Waals surface area contributed by atoms with Crippen molar-refractivity contribution in [2.24, 2.45) is 7.05 Å². The molecule has 1 saturated carbocycles. The Morgan fingerprint density at radius 3 is 2.57 bits per heavy atom. The molecule has 0 bridgehead atoms. The van der Waals surface area contributed by atoms with Crippen LogP contribution in [-0.2, 0) is 18.6 Å². The van der Waals surface area contributed by atoms with E-state index in [9.17, 15) is 22.8 Å². The third-order valence-electron chi connectivity index (χ3n) is 5.90. The molecule has 8 heteroatoms. The van der Waals surface area contributed by atoms with Gasteiger partial charge in [0.05, 0.1) is 16.6 Å². The van der Waals surface area contributed by atoms with Gasteiger partial charge in [-0.05, 0) is 36.6 Å². The Kier molecular flexibility index (Phi) is 4.88. The van der Waals surface area contributed by atoms with Crippen molar-refractivity contribution in [2.45, 2.75) is 30.9 Å². The van der Waals surface area contributed by atoms with Gasteiger partial charge in [0.2, 0.25) is 0 Å². The van der Waals surface area contributed by atoms with Crippen LogP contribution in [-0.4, -0.2) is 22.0 Å². The summed E-state index contributed by atoms with van der Waals surface area (Å²) in [4.78, 5) is 29.5. The van der Waals surface area contributed by atoms with E-state index in [1.54, 1.807) is 37.4 Å². The van der Waals surface area contributed by atoms with Crippen molar-refractivity contribution in [2.75, 3.05) is 6.54 Å². The predicted molar refractivity (Wildman–Crippen MR) is 106 cm³/mol. The number of nitrogens with one attached hydrogen (secondary N) is 1. The number of hydrogen-bond donors (Lipinski definition) is 1. The second-order valence-electron chi connectivity index (χ2n) is 7.71. The summed E-state index contributed by atoms with van der Waals surface area (Å²) in [6.07, 6.45) is -2.23. The van der Waals surface area contributed by atoms with E-state index in [1.165, 1.54) is 10.6 Å². The molecule has 5 nitrogen and oxygen atoms in total. The highest BCUT2D eigenvalue weighted by Crippen LogP contribution is 2.44. The minimum absolute atomic E-state index is 0.144. The maximum absolute atomic E-state index is 13.1. The molecule has 2 aromatic carbocycles. The Balaban J connectivity index is 1.60. The molecule has 1 aromatic heterocycles. The summed E-state index contributed by atoms with van der Waals surface area (Å²) in [6, 6.07) is 12.2. The van der Waals surface area contributed by atoms with Crippen LogP contribution in [0.25, 0.3) is 11.0 Å². The highest BCUT2D eigenvalue weighted by Gasteiger charge is 2.41. The highest BCUT2D eigenvalue weighted by atomic mass is 19.4. The van der Waals surface area contributed by atoms with Gasteiger partial charge in [-0.15, -0.1) is 0 Å². The van der Waals surface area contributed by atoms with E-state index in [0.29, 0.717) is 29.4 Å². The van der Waals surface area contributed by atoms with Crippen LogP contribution in [0, 0.1) is 0 Å². The molecule has 0 aliphatic heterocycles. The second-order valence-corrected chi connectivity index (χ2v) is 7.71. The summed E-state index contributed by atoms with van der Waals surface area (Å²) in [5.41, 5.74) is -0.355. The fourth-order valence-corrected chi connectivity index (χ4v) is 3.96. The standard InChI is InChI=1S/C22H20F3N3O2/c1-28-17-9-3-2-8-16(17)27-18(20(28)30)19(29)26-13-21(10-5-11-21)14-6-4-7-15(12-14)22(23,24)25/h2-4,6-9,12H,5,10-11,13H2,1H3,(H,26,29). The van der Waals surface area contributed by atoms with Crippen molar-refractivity contribution in [1.82, 2.24) is 14.9 Å². The van der Waals surface area contributed by atoms with Crippen LogP contribution < -0.4 is 10.9 Å². The van der Waals surface area contributed by atoms with Crippen molar-refractivity contribution < 1.29 is 18.0 Å². The molecular weight excluding hydrogens is 395 g/mol. The fraction of sp³-hybridized carbons (Fsp3) is 0.318. The molecule has 1 heterocycles. The Morgan fingerprint density at radius 1 is 1.17 bits per heavy atom. The van der Waals surface area contributed by atoms with Gasteiger partial charge in [-0.2, -0.15) is 13.2 Å². The molecule has 0 radical (unpaired) electrons. The van der Waals surface area contributed by atoms with Crippen molar-refractivity contribution in [3.63, 3.8) is 0 Å². The van der Waals surface area contributed by atoms with Crippen LogP contribution in [0.2, 0.25) is 0 Å². The average molecular weight is 415 g/mol. The molecule has 30 heavy (non-hydrogen) atoms. The number of benzene rings is 2. The van der Waals surface area contributed by atoms with Gasteiger partial charge in [0.25, 0.3) is 11.5 Å². The third kappa shape index (κ3) is 3.46. The van der Waals surface area contributed by atoms with E-state index in [4.69, 9.17) is 0 Å².